The Morgan fingerprint density at radius 3 is 1.92 bits per heavy atom. The molecule has 9 heteroatoms. The summed E-state index contributed by atoms with van der Waals surface area (Å²) >= 11 is 5.66. The molecule has 1 amide bonds. The highest BCUT2D eigenvalue weighted by atomic mass is 35.5. The van der Waals surface area contributed by atoms with Gasteiger partial charge in [0.2, 0.25) is 5.82 Å². The van der Waals surface area contributed by atoms with Crippen molar-refractivity contribution in [1.82, 2.24) is 0 Å². The topological polar surface area (TPSA) is 52.9 Å². The van der Waals surface area contributed by atoms with Crippen LogP contribution >= 0.6 is 11.6 Å². The number of hydrogen-bond donors (Lipinski definition) is 1. The van der Waals surface area contributed by atoms with E-state index in [1.165, 1.54) is 30.3 Å². The number of carbonyl (C=O) groups excluding carboxylic acids is 1. The Hall–Kier alpha value is -2.92. The molecule has 0 aliphatic rings. The number of nitrogens with zero attached hydrogens (tertiary/aromatic N) is 1. The van der Waals surface area contributed by atoms with E-state index < -0.39 is 46.1 Å². The smallest absolute Gasteiger partial charge is 0.266 e. The van der Waals surface area contributed by atoms with E-state index in [4.69, 9.17) is 16.9 Å². The molecule has 0 aliphatic carbocycles. The molecule has 0 spiro atoms. The van der Waals surface area contributed by atoms with Crippen LogP contribution in [0.5, 0.6) is 0 Å². The zero-order chi connectivity index (χ0) is 18.7. The molecule has 2 aromatic carbocycles. The van der Waals surface area contributed by atoms with Gasteiger partial charge in [-0.2, -0.15) is 5.26 Å². The predicted octanol–water partition coefficient (Wildman–Crippen LogP) is 4.58. The van der Waals surface area contributed by atoms with Crippen molar-refractivity contribution in [2.45, 2.75) is 0 Å². The Kier molecular flexibility index (Phi) is 5.39. The zero-order valence-corrected chi connectivity index (χ0v) is 12.8. The summed E-state index contributed by atoms with van der Waals surface area (Å²) in [6.45, 7) is 0. The van der Waals surface area contributed by atoms with Gasteiger partial charge in [0.25, 0.3) is 5.91 Å². The van der Waals surface area contributed by atoms with Gasteiger partial charge in [-0.05, 0) is 30.3 Å². The molecule has 2 aromatic rings. The molecule has 0 heterocycles. The Balaban J connectivity index is 2.43. The minimum atomic E-state index is -2.34. The molecule has 0 fully saturated rings. The summed E-state index contributed by atoms with van der Waals surface area (Å²) in [5, 5.41) is 11.5. The number of halogens is 6. The van der Waals surface area contributed by atoms with Crippen molar-refractivity contribution in [3.63, 3.8) is 0 Å². The minimum absolute atomic E-state index is 0.202. The van der Waals surface area contributed by atoms with E-state index in [0.29, 0.717) is 5.02 Å². The number of carbonyl (C=O) groups is 1. The van der Waals surface area contributed by atoms with Crippen molar-refractivity contribution in [2.75, 3.05) is 5.32 Å². The molecule has 0 saturated carbocycles. The highest BCUT2D eigenvalue weighted by Crippen LogP contribution is 2.25. The van der Waals surface area contributed by atoms with Crippen molar-refractivity contribution in [2.24, 2.45) is 0 Å². The molecular weight excluding hydrogens is 367 g/mol. The van der Waals surface area contributed by atoms with E-state index >= 15 is 0 Å². The van der Waals surface area contributed by atoms with Crippen LogP contribution < -0.4 is 5.32 Å². The maximum atomic E-state index is 13.6. The molecule has 25 heavy (non-hydrogen) atoms. The standard InChI is InChI=1S/C16H6ClF5N2O/c17-8-1-3-9(4-2-8)24-16(25)7(6-23)5-10-11(18)13(20)15(22)14(21)12(10)19/h1-5H,(H,24,25)/b7-5+. The van der Waals surface area contributed by atoms with Crippen LogP contribution in [0, 0.1) is 40.4 Å². The van der Waals surface area contributed by atoms with E-state index in [0.717, 1.165) is 0 Å². The highest BCUT2D eigenvalue weighted by molar-refractivity contribution is 6.30. The van der Waals surface area contributed by atoms with Gasteiger partial charge in [-0.3, -0.25) is 4.79 Å². The van der Waals surface area contributed by atoms with E-state index in [9.17, 15) is 26.7 Å². The van der Waals surface area contributed by atoms with E-state index in [1.807, 2.05) is 0 Å². The number of nitriles is 1. The summed E-state index contributed by atoms with van der Waals surface area (Å²) in [4.78, 5) is 12.0. The minimum Gasteiger partial charge on any atom is -0.321 e. The SMILES string of the molecule is N#C/C(=C\c1c(F)c(F)c(F)c(F)c1F)C(=O)Nc1ccc(Cl)cc1. The molecule has 0 radical (unpaired) electrons. The van der Waals surface area contributed by atoms with E-state index in [1.54, 1.807) is 0 Å². The number of anilines is 1. The number of benzene rings is 2. The van der Waals surface area contributed by atoms with Crippen LogP contribution in [0.4, 0.5) is 27.6 Å². The number of rotatable bonds is 3. The molecule has 1 N–H and O–H groups in total. The van der Waals surface area contributed by atoms with Gasteiger partial charge in [0, 0.05) is 10.7 Å². The lowest BCUT2D eigenvalue weighted by atomic mass is 10.1. The lowest BCUT2D eigenvalue weighted by molar-refractivity contribution is -0.112. The summed E-state index contributed by atoms with van der Waals surface area (Å²) in [6, 6.07) is 6.96. The fraction of sp³-hybridized carbons (Fsp3) is 0. The second-order valence-corrected chi connectivity index (χ2v) is 5.05. The average Bonchev–Trinajstić information content (AvgIpc) is 2.60. The van der Waals surface area contributed by atoms with Crippen LogP contribution in [-0.2, 0) is 4.79 Å². The summed E-state index contributed by atoms with van der Waals surface area (Å²) in [5.41, 5.74) is -2.05. The first-order valence-electron chi connectivity index (χ1n) is 6.46. The third-order valence-electron chi connectivity index (χ3n) is 3.00. The van der Waals surface area contributed by atoms with Crippen LogP contribution in [0.2, 0.25) is 5.02 Å². The Morgan fingerprint density at radius 2 is 1.44 bits per heavy atom. The van der Waals surface area contributed by atoms with Crippen LogP contribution in [0.1, 0.15) is 5.56 Å². The number of nitrogens with one attached hydrogen (secondary N) is 1. The summed E-state index contributed by atoms with van der Waals surface area (Å²) in [6.07, 6.45) is 0.279. The predicted molar refractivity (Wildman–Crippen MR) is 79.9 cm³/mol. The quantitative estimate of drug-likeness (QED) is 0.282. The van der Waals surface area contributed by atoms with Crippen molar-refractivity contribution in [1.29, 1.82) is 5.26 Å². The maximum absolute atomic E-state index is 13.6. The lowest BCUT2D eigenvalue weighted by Crippen LogP contribution is -2.14. The fourth-order valence-electron chi connectivity index (χ4n) is 1.77. The first kappa shape index (κ1) is 18.4. The largest absolute Gasteiger partial charge is 0.321 e. The van der Waals surface area contributed by atoms with Crippen molar-refractivity contribution in [3.8, 4) is 6.07 Å². The van der Waals surface area contributed by atoms with Gasteiger partial charge in [0.05, 0.1) is 5.56 Å². The summed E-state index contributed by atoms with van der Waals surface area (Å²) in [7, 11) is 0. The van der Waals surface area contributed by atoms with Gasteiger partial charge in [-0.15, -0.1) is 0 Å². The van der Waals surface area contributed by atoms with Gasteiger partial charge in [0.15, 0.2) is 23.3 Å². The Labute approximate surface area is 142 Å². The van der Waals surface area contributed by atoms with Gasteiger partial charge in [-0.25, -0.2) is 22.0 Å². The van der Waals surface area contributed by atoms with Gasteiger partial charge >= 0.3 is 0 Å². The van der Waals surface area contributed by atoms with Crippen LogP contribution in [0.3, 0.4) is 0 Å². The third-order valence-corrected chi connectivity index (χ3v) is 3.25. The molecule has 0 unspecified atom stereocenters. The fourth-order valence-corrected chi connectivity index (χ4v) is 1.90. The number of hydrogen-bond acceptors (Lipinski definition) is 2. The second-order valence-electron chi connectivity index (χ2n) is 4.61. The third kappa shape index (κ3) is 3.78. The molecule has 0 saturated heterocycles. The van der Waals surface area contributed by atoms with Crippen molar-refractivity contribution < 1.29 is 26.7 Å². The molecule has 3 nitrogen and oxygen atoms in total. The second kappa shape index (κ2) is 7.32. The monoisotopic (exact) mass is 372 g/mol. The van der Waals surface area contributed by atoms with Crippen LogP contribution in [0.25, 0.3) is 6.08 Å². The van der Waals surface area contributed by atoms with Crippen molar-refractivity contribution >= 4 is 29.3 Å². The first-order chi connectivity index (χ1) is 11.8. The molecule has 0 aromatic heterocycles. The molecule has 0 atom stereocenters. The van der Waals surface area contributed by atoms with E-state index in [-0.39, 0.29) is 11.8 Å². The summed E-state index contributed by atoms with van der Waals surface area (Å²) < 4.78 is 66.5. The maximum Gasteiger partial charge on any atom is 0.266 e. The first-order valence-corrected chi connectivity index (χ1v) is 6.84. The molecule has 0 aliphatic heterocycles. The van der Waals surface area contributed by atoms with Gasteiger partial charge in [-0.1, -0.05) is 11.6 Å². The molecule has 2 rings (SSSR count). The molecule has 128 valence electrons. The highest BCUT2D eigenvalue weighted by Gasteiger charge is 2.25. The van der Waals surface area contributed by atoms with E-state index in [2.05, 4.69) is 5.32 Å². The normalized spacial score (nSPS) is 11.2. The lowest BCUT2D eigenvalue weighted by Gasteiger charge is -2.07. The summed E-state index contributed by atoms with van der Waals surface area (Å²) in [5.74, 6) is -12.1. The van der Waals surface area contributed by atoms with Crippen LogP contribution in [-0.4, -0.2) is 5.91 Å². The Bertz CT molecular complexity index is 891. The zero-order valence-electron chi connectivity index (χ0n) is 12.0. The number of amides is 1. The molecule has 0 bridgehead atoms. The van der Waals surface area contributed by atoms with Crippen molar-refractivity contribution in [3.05, 3.63) is 69.5 Å². The molecular formula is C16H6ClF5N2O. The van der Waals surface area contributed by atoms with Gasteiger partial charge < -0.3 is 5.32 Å². The average molecular weight is 373 g/mol. The van der Waals surface area contributed by atoms with Crippen LogP contribution in [0.15, 0.2) is 29.8 Å². The Morgan fingerprint density at radius 1 is 0.960 bits per heavy atom. The van der Waals surface area contributed by atoms with Gasteiger partial charge in [0.1, 0.15) is 11.6 Å².